The van der Waals surface area contributed by atoms with Crippen molar-refractivity contribution >= 4 is 17.9 Å². The molecule has 0 amide bonds. The molecule has 0 aliphatic carbocycles. The molecule has 6 heteroatoms. The molecule has 1 atom stereocenters. The normalized spacial score (nSPS) is 12.7. The van der Waals surface area contributed by atoms with Gasteiger partial charge >= 0.3 is 17.9 Å². The molecule has 0 aliphatic rings. The molecule has 6 nitrogen and oxygen atoms in total. The Hall–Kier alpha value is -3.67. The van der Waals surface area contributed by atoms with Crippen molar-refractivity contribution in [2.24, 2.45) is 0 Å². The zero-order valence-corrected chi connectivity index (χ0v) is 48.6. The topological polar surface area (TPSA) is 78.9 Å². The molecule has 0 spiro atoms. The third-order valence-corrected chi connectivity index (χ3v) is 13.3. The molecule has 74 heavy (non-hydrogen) atoms. The maximum atomic E-state index is 12.8. The van der Waals surface area contributed by atoms with Crippen LogP contribution in [-0.4, -0.2) is 37.2 Å². The molecule has 0 bridgehead atoms. The van der Waals surface area contributed by atoms with E-state index in [2.05, 4.69) is 118 Å². The molecule has 1 unspecified atom stereocenters. The molecule has 424 valence electrons. The van der Waals surface area contributed by atoms with Gasteiger partial charge in [0.2, 0.25) is 0 Å². The molecule has 0 aromatic rings. The van der Waals surface area contributed by atoms with Crippen molar-refractivity contribution in [3.05, 3.63) is 97.2 Å². The first kappa shape index (κ1) is 70.3. The smallest absolute Gasteiger partial charge is 0.306 e. The number of rotatable bonds is 56. The number of allylic oxidation sites excluding steroid dienone is 16. The number of hydrogen-bond donors (Lipinski definition) is 0. The SMILES string of the molecule is CC/C=C\C/C=C\C/C=C\C/C=C\C/C=C\CCCCCCCCCCCCCCCCCC(=O)OCC(COC(=O)CCCCCCCC)OC(=O)CCCCCCCC/C=C\C/C=C\C/C=C\CCCCC. The fourth-order valence-corrected chi connectivity index (χ4v) is 8.65. The minimum atomic E-state index is -0.781. The van der Waals surface area contributed by atoms with Crippen LogP contribution in [0.1, 0.15) is 297 Å². The van der Waals surface area contributed by atoms with E-state index in [1.165, 1.54) is 141 Å². The van der Waals surface area contributed by atoms with E-state index in [0.717, 1.165) is 116 Å². The second-order valence-electron chi connectivity index (χ2n) is 20.6. The zero-order valence-electron chi connectivity index (χ0n) is 48.6. The highest BCUT2D eigenvalue weighted by molar-refractivity contribution is 5.71. The van der Waals surface area contributed by atoms with Gasteiger partial charge in [-0.05, 0) is 103 Å². The summed E-state index contributed by atoms with van der Waals surface area (Å²) in [6.07, 6.45) is 83.0. The average Bonchev–Trinajstić information content (AvgIpc) is 3.40. The first-order valence-corrected chi connectivity index (χ1v) is 31.2. The van der Waals surface area contributed by atoms with Gasteiger partial charge in [0.1, 0.15) is 13.2 Å². The molecular weight excluding hydrogens is 913 g/mol. The Morgan fingerprint density at radius 3 is 0.851 bits per heavy atom. The first-order valence-electron chi connectivity index (χ1n) is 31.2. The number of esters is 3. The van der Waals surface area contributed by atoms with Crippen LogP contribution in [0.4, 0.5) is 0 Å². The summed E-state index contributed by atoms with van der Waals surface area (Å²) in [5.74, 6) is -0.896. The summed E-state index contributed by atoms with van der Waals surface area (Å²) in [5, 5.41) is 0. The van der Waals surface area contributed by atoms with Crippen molar-refractivity contribution in [2.75, 3.05) is 13.2 Å². The van der Waals surface area contributed by atoms with Crippen LogP contribution in [0, 0.1) is 0 Å². The Morgan fingerprint density at radius 2 is 0.527 bits per heavy atom. The lowest BCUT2D eigenvalue weighted by Crippen LogP contribution is -2.30. The van der Waals surface area contributed by atoms with Crippen molar-refractivity contribution < 1.29 is 28.6 Å². The fraction of sp³-hybridized carbons (Fsp3) is 0.721. The Labute approximate surface area is 457 Å². The summed E-state index contributed by atoms with van der Waals surface area (Å²) in [6, 6.07) is 0. The van der Waals surface area contributed by atoms with E-state index in [-0.39, 0.29) is 31.1 Å². The summed E-state index contributed by atoms with van der Waals surface area (Å²) in [7, 11) is 0. The van der Waals surface area contributed by atoms with E-state index in [9.17, 15) is 14.4 Å². The van der Waals surface area contributed by atoms with Gasteiger partial charge in [-0.1, -0.05) is 272 Å². The zero-order chi connectivity index (χ0) is 53.6. The molecule has 0 aliphatic heterocycles. The molecule has 0 fully saturated rings. The van der Waals surface area contributed by atoms with E-state index in [4.69, 9.17) is 14.2 Å². The van der Waals surface area contributed by atoms with Crippen molar-refractivity contribution in [1.29, 1.82) is 0 Å². The fourth-order valence-electron chi connectivity index (χ4n) is 8.65. The van der Waals surface area contributed by atoms with Crippen LogP contribution >= 0.6 is 0 Å². The number of hydrogen-bond acceptors (Lipinski definition) is 6. The minimum absolute atomic E-state index is 0.0808. The molecular formula is C68H116O6. The monoisotopic (exact) mass is 1030 g/mol. The number of unbranched alkanes of at least 4 members (excludes halogenated alkanes) is 29. The molecule has 0 N–H and O–H groups in total. The third kappa shape index (κ3) is 59.2. The van der Waals surface area contributed by atoms with Gasteiger partial charge in [0.15, 0.2) is 6.10 Å². The van der Waals surface area contributed by atoms with Crippen LogP contribution in [0.2, 0.25) is 0 Å². The molecule has 0 heterocycles. The van der Waals surface area contributed by atoms with Crippen LogP contribution in [0.25, 0.3) is 0 Å². The van der Waals surface area contributed by atoms with E-state index in [1.54, 1.807) is 0 Å². The highest BCUT2D eigenvalue weighted by Crippen LogP contribution is 2.16. The van der Waals surface area contributed by atoms with Crippen LogP contribution in [0.15, 0.2) is 97.2 Å². The molecule has 0 aromatic heterocycles. The third-order valence-electron chi connectivity index (χ3n) is 13.3. The van der Waals surface area contributed by atoms with Crippen molar-refractivity contribution in [3.8, 4) is 0 Å². The largest absolute Gasteiger partial charge is 0.462 e. The van der Waals surface area contributed by atoms with Gasteiger partial charge in [-0.3, -0.25) is 14.4 Å². The van der Waals surface area contributed by atoms with Crippen LogP contribution in [-0.2, 0) is 28.6 Å². The molecule has 0 aromatic carbocycles. The lowest BCUT2D eigenvalue weighted by Gasteiger charge is -2.18. The van der Waals surface area contributed by atoms with Gasteiger partial charge < -0.3 is 14.2 Å². The maximum absolute atomic E-state index is 12.8. The maximum Gasteiger partial charge on any atom is 0.306 e. The quantitative estimate of drug-likeness (QED) is 0.0261. The second kappa shape index (κ2) is 61.9. The van der Waals surface area contributed by atoms with Crippen molar-refractivity contribution in [2.45, 2.75) is 303 Å². The summed E-state index contributed by atoms with van der Waals surface area (Å²) in [6.45, 7) is 6.44. The van der Waals surface area contributed by atoms with Crippen molar-refractivity contribution in [3.63, 3.8) is 0 Å². The highest BCUT2D eigenvalue weighted by Gasteiger charge is 2.19. The Kier molecular flexibility index (Phi) is 58.8. The first-order chi connectivity index (χ1) is 36.5. The summed E-state index contributed by atoms with van der Waals surface area (Å²) in [5.41, 5.74) is 0. The summed E-state index contributed by atoms with van der Waals surface area (Å²) in [4.78, 5) is 38.0. The summed E-state index contributed by atoms with van der Waals surface area (Å²) < 4.78 is 16.8. The van der Waals surface area contributed by atoms with Gasteiger partial charge in [0, 0.05) is 19.3 Å². The number of carbonyl (C=O) groups excluding carboxylic acids is 3. The predicted molar refractivity (Wildman–Crippen MR) is 320 cm³/mol. The summed E-state index contributed by atoms with van der Waals surface area (Å²) >= 11 is 0. The molecule has 0 saturated heterocycles. The lowest BCUT2D eigenvalue weighted by molar-refractivity contribution is -0.167. The number of carbonyl (C=O) groups is 3. The van der Waals surface area contributed by atoms with Gasteiger partial charge in [-0.15, -0.1) is 0 Å². The van der Waals surface area contributed by atoms with Gasteiger partial charge in [-0.25, -0.2) is 0 Å². The predicted octanol–water partition coefficient (Wildman–Crippen LogP) is 21.3. The average molecular weight is 1030 g/mol. The van der Waals surface area contributed by atoms with Crippen LogP contribution in [0.5, 0.6) is 0 Å². The van der Waals surface area contributed by atoms with E-state index in [1.807, 2.05) is 0 Å². The van der Waals surface area contributed by atoms with E-state index in [0.29, 0.717) is 19.3 Å². The number of ether oxygens (including phenoxy) is 3. The molecule has 0 radical (unpaired) electrons. The minimum Gasteiger partial charge on any atom is -0.462 e. The second-order valence-corrected chi connectivity index (χ2v) is 20.6. The standard InChI is InChI=1S/C68H116O6/c1-4-7-10-13-16-18-20-22-24-26-28-29-30-31-32-33-34-35-36-37-38-39-41-42-44-46-48-50-52-55-58-61-67(70)73-64-65(63-72-66(69)60-57-54-15-12-9-6-3)74-68(71)62-59-56-53-51-49-47-45-43-40-27-25-23-21-19-17-14-11-8-5-2/h7,10,16-19,22-25,28-29,31-32,40,43,65H,4-6,8-9,11-15,20-21,26-27,30,33-39,41-42,44-64H2,1-3H3/b10-7-,18-16-,19-17-,24-22-,25-23-,29-28-,32-31-,43-40-. The van der Waals surface area contributed by atoms with Crippen molar-refractivity contribution in [1.82, 2.24) is 0 Å². The van der Waals surface area contributed by atoms with Gasteiger partial charge in [-0.2, -0.15) is 0 Å². The Bertz CT molecular complexity index is 1460. The Morgan fingerprint density at radius 1 is 0.284 bits per heavy atom. The van der Waals surface area contributed by atoms with Crippen LogP contribution < -0.4 is 0 Å². The van der Waals surface area contributed by atoms with E-state index >= 15 is 0 Å². The van der Waals surface area contributed by atoms with Crippen LogP contribution in [0.3, 0.4) is 0 Å². The van der Waals surface area contributed by atoms with E-state index < -0.39 is 6.10 Å². The lowest BCUT2D eigenvalue weighted by atomic mass is 10.0. The highest BCUT2D eigenvalue weighted by atomic mass is 16.6. The van der Waals surface area contributed by atoms with Gasteiger partial charge in [0.05, 0.1) is 0 Å². The Balaban J connectivity index is 4.06. The molecule has 0 rings (SSSR count). The molecule has 0 saturated carbocycles. The van der Waals surface area contributed by atoms with Gasteiger partial charge in [0.25, 0.3) is 0 Å².